The van der Waals surface area contributed by atoms with Gasteiger partial charge >= 0.3 is 12.1 Å². The maximum atomic E-state index is 12.4. The minimum absolute atomic E-state index is 0.0782. The highest BCUT2D eigenvalue weighted by Gasteiger charge is 2.27. The number of amides is 2. The number of hydrogen-bond acceptors (Lipinski definition) is 7. The lowest BCUT2D eigenvalue weighted by molar-refractivity contribution is -0.151. The number of fused-ring (bicyclic) bond motifs is 1. The van der Waals surface area contributed by atoms with E-state index in [-0.39, 0.29) is 25.9 Å². The van der Waals surface area contributed by atoms with E-state index in [1.807, 2.05) is 30.3 Å². The second-order valence-corrected chi connectivity index (χ2v) is 7.50. The van der Waals surface area contributed by atoms with Crippen molar-refractivity contribution in [3.05, 3.63) is 59.7 Å². The van der Waals surface area contributed by atoms with Gasteiger partial charge in [-0.2, -0.15) is 0 Å². The van der Waals surface area contributed by atoms with Gasteiger partial charge in [-0.3, -0.25) is 4.79 Å². The second kappa shape index (κ2) is 11.0. The molecule has 2 aromatic carbocycles. The molecule has 2 aromatic rings. The first-order chi connectivity index (χ1) is 15.4. The van der Waals surface area contributed by atoms with Crippen LogP contribution in [0.3, 0.4) is 0 Å². The van der Waals surface area contributed by atoms with Gasteiger partial charge in [0.15, 0.2) is 18.1 Å². The highest BCUT2D eigenvalue weighted by atomic mass is 16.7. The maximum absolute atomic E-state index is 12.4. The van der Waals surface area contributed by atoms with Crippen molar-refractivity contribution in [2.45, 2.75) is 33.0 Å². The van der Waals surface area contributed by atoms with E-state index < -0.39 is 30.6 Å². The number of carbonyl (C=O) groups is 3. The molecule has 1 aliphatic heterocycles. The molecule has 170 valence electrons. The number of ether oxygens (including phenoxy) is 4. The average molecular weight is 442 g/mol. The van der Waals surface area contributed by atoms with Crippen molar-refractivity contribution in [2.75, 3.05) is 13.4 Å². The Morgan fingerprint density at radius 3 is 2.47 bits per heavy atom. The SMILES string of the molecule is CC(C)C(NC(=O)OCc1ccccc1)C(=O)OCC(=O)NCc1ccc2c(c1)OCO2. The first-order valence-corrected chi connectivity index (χ1v) is 10.2. The summed E-state index contributed by atoms with van der Waals surface area (Å²) in [7, 11) is 0. The fourth-order valence-electron chi connectivity index (χ4n) is 2.92. The van der Waals surface area contributed by atoms with Crippen molar-refractivity contribution in [3.63, 3.8) is 0 Å². The van der Waals surface area contributed by atoms with Gasteiger partial charge in [-0.25, -0.2) is 9.59 Å². The van der Waals surface area contributed by atoms with Crippen LogP contribution in [0.15, 0.2) is 48.5 Å². The fourth-order valence-corrected chi connectivity index (χ4v) is 2.92. The quantitative estimate of drug-likeness (QED) is 0.574. The number of hydrogen-bond donors (Lipinski definition) is 2. The zero-order chi connectivity index (χ0) is 22.9. The third-order valence-corrected chi connectivity index (χ3v) is 4.68. The van der Waals surface area contributed by atoms with Crippen LogP contribution in [0.5, 0.6) is 11.5 Å². The van der Waals surface area contributed by atoms with Gasteiger partial charge in [-0.1, -0.05) is 50.2 Å². The van der Waals surface area contributed by atoms with Crippen LogP contribution in [0.2, 0.25) is 0 Å². The topological polar surface area (TPSA) is 112 Å². The monoisotopic (exact) mass is 442 g/mol. The van der Waals surface area contributed by atoms with Crippen LogP contribution >= 0.6 is 0 Å². The van der Waals surface area contributed by atoms with Gasteiger partial charge in [0.2, 0.25) is 6.79 Å². The lowest BCUT2D eigenvalue weighted by atomic mass is 10.1. The van der Waals surface area contributed by atoms with Crippen LogP contribution < -0.4 is 20.1 Å². The summed E-state index contributed by atoms with van der Waals surface area (Å²) in [6, 6.07) is 13.6. The predicted molar refractivity (Wildman–Crippen MR) is 114 cm³/mol. The Morgan fingerprint density at radius 2 is 1.72 bits per heavy atom. The minimum atomic E-state index is -0.945. The van der Waals surface area contributed by atoms with E-state index in [0.29, 0.717) is 11.5 Å². The van der Waals surface area contributed by atoms with Crippen LogP contribution in [-0.2, 0) is 32.2 Å². The van der Waals surface area contributed by atoms with E-state index >= 15 is 0 Å². The fraction of sp³-hybridized carbons (Fsp3) is 0.348. The molecule has 0 fully saturated rings. The highest BCUT2D eigenvalue weighted by molar-refractivity contribution is 5.84. The Hall–Kier alpha value is -3.75. The van der Waals surface area contributed by atoms with Gasteiger partial charge in [0.1, 0.15) is 12.6 Å². The van der Waals surface area contributed by atoms with E-state index in [9.17, 15) is 14.4 Å². The van der Waals surface area contributed by atoms with Gasteiger partial charge in [0.25, 0.3) is 5.91 Å². The molecule has 2 amide bonds. The summed E-state index contributed by atoms with van der Waals surface area (Å²) in [5.41, 5.74) is 1.64. The Kier molecular flexibility index (Phi) is 7.91. The molecule has 1 unspecified atom stereocenters. The molecule has 0 aromatic heterocycles. The standard InChI is InChI=1S/C23H26N2O7/c1-15(2)21(25-23(28)30-12-16-6-4-3-5-7-16)22(27)29-13-20(26)24-11-17-8-9-18-19(10-17)32-14-31-18/h3-10,15,21H,11-14H2,1-2H3,(H,24,26)(H,25,28). The van der Waals surface area contributed by atoms with Crippen LogP contribution in [0.4, 0.5) is 4.79 Å². The van der Waals surface area contributed by atoms with E-state index in [1.165, 1.54) is 0 Å². The molecule has 32 heavy (non-hydrogen) atoms. The molecule has 1 aliphatic rings. The normalized spacial score (nSPS) is 12.7. The number of nitrogens with one attached hydrogen (secondary N) is 2. The molecule has 0 aliphatic carbocycles. The molecule has 0 radical (unpaired) electrons. The highest BCUT2D eigenvalue weighted by Crippen LogP contribution is 2.32. The predicted octanol–water partition coefficient (Wildman–Crippen LogP) is 2.53. The lowest BCUT2D eigenvalue weighted by Crippen LogP contribution is -2.46. The Morgan fingerprint density at radius 1 is 0.969 bits per heavy atom. The molecule has 1 heterocycles. The second-order valence-electron chi connectivity index (χ2n) is 7.50. The van der Waals surface area contributed by atoms with Crippen molar-refractivity contribution in [1.29, 1.82) is 0 Å². The maximum Gasteiger partial charge on any atom is 0.408 e. The van der Waals surface area contributed by atoms with Gasteiger partial charge in [-0.15, -0.1) is 0 Å². The van der Waals surface area contributed by atoms with E-state index in [1.54, 1.807) is 32.0 Å². The number of alkyl carbamates (subject to hydrolysis) is 1. The number of rotatable bonds is 9. The molecule has 1 atom stereocenters. The average Bonchev–Trinajstić information content (AvgIpc) is 3.26. The molecular weight excluding hydrogens is 416 g/mol. The molecule has 9 heteroatoms. The Balaban J connectivity index is 1.41. The Bertz CT molecular complexity index is 947. The van der Waals surface area contributed by atoms with Crippen molar-refractivity contribution in [1.82, 2.24) is 10.6 Å². The summed E-state index contributed by atoms with van der Waals surface area (Å²) < 4.78 is 20.8. The smallest absolute Gasteiger partial charge is 0.408 e. The van der Waals surface area contributed by atoms with Crippen LogP contribution in [0.25, 0.3) is 0 Å². The molecule has 0 saturated carbocycles. The van der Waals surface area contributed by atoms with E-state index in [2.05, 4.69) is 10.6 Å². The molecule has 3 rings (SSSR count). The van der Waals surface area contributed by atoms with Crippen molar-refractivity contribution >= 4 is 18.0 Å². The molecule has 0 saturated heterocycles. The number of benzene rings is 2. The lowest BCUT2D eigenvalue weighted by Gasteiger charge is -2.20. The van der Waals surface area contributed by atoms with Crippen molar-refractivity contribution in [2.24, 2.45) is 5.92 Å². The van der Waals surface area contributed by atoms with Crippen molar-refractivity contribution in [3.8, 4) is 11.5 Å². The van der Waals surface area contributed by atoms with E-state index in [4.69, 9.17) is 18.9 Å². The summed E-state index contributed by atoms with van der Waals surface area (Å²) in [5, 5.41) is 5.17. The third-order valence-electron chi connectivity index (χ3n) is 4.68. The summed E-state index contributed by atoms with van der Waals surface area (Å²) in [4.78, 5) is 36.5. The first kappa shape index (κ1) is 22.9. The molecule has 0 bridgehead atoms. The largest absolute Gasteiger partial charge is 0.454 e. The van der Waals surface area contributed by atoms with Gasteiger partial charge in [0, 0.05) is 6.54 Å². The number of esters is 1. The van der Waals surface area contributed by atoms with Gasteiger partial charge in [0.05, 0.1) is 0 Å². The summed E-state index contributed by atoms with van der Waals surface area (Å²) in [6.07, 6.45) is -0.739. The van der Waals surface area contributed by atoms with Gasteiger partial charge in [-0.05, 0) is 29.2 Å². The number of carbonyl (C=O) groups excluding carboxylic acids is 3. The third kappa shape index (κ3) is 6.63. The molecule has 0 spiro atoms. The van der Waals surface area contributed by atoms with Crippen LogP contribution in [-0.4, -0.2) is 37.4 Å². The Labute approximate surface area is 186 Å². The summed E-state index contributed by atoms with van der Waals surface area (Å²) >= 11 is 0. The minimum Gasteiger partial charge on any atom is -0.454 e. The molecular formula is C23H26N2O7. The first-order valence-electron chi connectivity index (χ1n) is 10.2. The van der Waals surface area contributed by atoms with Crippen LogP contribution in [0, 0.1) is 5.92 Å². The van der Waals surface area contributed by atoms with Crippen molar-refractivity contribution < 1.29 is 33.3 Å². The molecule has 2 N–H and O–H groups in total. The summed E-state index contributed by atoms with van der Waals surface area (Å²) in [6.45, 7) is 3.53. The summed E-state index contributed by atoms with van der Waals surface area (Å²) in [5.74, 6) is -0.166. The zero-order valence-corrected chi connectivity index (χ0v) is 18.0. The van der Waals surface area contributed by atoms with Crippen LogP contribution in [0.1, 0.15) is 25.0 Å². The zero-order valence-electron chi connectivity index (χ0n) is 18.0. The van der Waals surface area contributed by atoms with E-state index in [0.717, 1.165) is 11.1 Å². The van der Waals surface area contributed by atoms with Gasteiger partial charge < -0.3 is 29.6 Å². The molecule has 9 nitrogen and oxygen atoms in total.